The number of rotatable bonds is 45. The Kier molecular flexibility index (Phi) is 38.3. The van der Waals surface area contributed by atoms with Crippen LogP contribution in [0.15, 0.2) is 79.0 Å². The van der Waals surface area contributed by atoms with Gasteiger partial charge in [0.05, 0.1) is 89.9 Å². The lowest BCUT2D eigenvalue weighted by Crippen LogP contribution is -2.54. The Balaban J connectivity index is 0.919. The number of aromatic nitrogens is 1. The summed E-state index contributed by atoms with van der Waals surface area (Å²) in [4.78, 5) is 166. The van der Waals surface area contributed by atoms with E-state index in [1.165, 1.54) is 6.20 Å². The first-order valence-corrected chi connectivity index (χ1v) is 36.6. The number of hydrogen-bond donors (Lipinski definition) is 12. The summed E-state index contributed by atoms with van der Waals surface area (Å²) in [6, 6.07) is 17.6. The molecule has 2 saturated heterocycles. The van der Waals surface area contributed by atoms with Crippen molar-refractivity contribution >= 4 is 110 Å². The lowest BCUT2D eigenvalue weighted by molar-refractivity contribution is -0.142. The number of halogens is 1. The molecular formula is C71H102IN17O17. The molecule has 0 spiro atoms. The molecule has 3 aromatic carbocycles. The molecule has 16 N–H and O–H groups in total. The fourth-order valence-electron chi connectivity index (χ4n) is 11.8. The number of nitrogens with zero attached hydrogens (tertiary/aromatic N) is 6. The van der Waals surface area contributed by atoms with E-state index in [1.807, 2.05) is 43.9 Å². The van der Waals surface area contributed by atoms with Crippen LogP contribution in [0.4, 0.5) is 10.5 Å². The average Bonchev–Trinajstić information content (AvgIpc) is 0.900. The van der Waals surface area contributed by atoms with Crippen LogP contribution in [0.5, 0.6) is 5.75 Å². The van der Waals surface area contributed by atoms with Crippen molar-refractivity contribution in [1.29, 1.82) is 0 Å². The minimum Gasteiger partial charge on any atom is -0.484 e. The number of hydrogen-bond acceptors (Lipinski definition) is 21. The minimum atomic E-state index is -1.30. The average molecular weight is 1590 g/mol. The summed E-state index contributed by atoms with van der Waals surface area (Å²) < 4.78 is 23.5. The topological polar surface area (TPSA) is 479 Å². The molecule has 580 valence electrons. The van der Waals surface area contributed by atoms with Gasteiger partial charge in [0.1, 0.15) is 17.8 Å². The van der Waals surface area contributed by atoms with Crippen LogP contribution in [0, 0.1) is 3.57 Å². The number of aliphatic carboxylic acids is 1. The molecular weight excluding hydrogens is 1490 g/mol. The number of nitrogens with two attached hydrogens (primary N) is 4. The van der Waals surface area contributed by atoms with Crippen molar-refractivity contribution in [2.24, 2.45) is 22.9 Å². The van der Waals surface area contributed by atoms with E-state index in [-0.39, 0.29) is 149 Å². The number of pyridine rings is 1. The zero-order valence-electron chi connectivity index (χ0n) is 59.8. The van der Waals surface area contributed by atoms with Gasteiger partial charge in [0.15, 0.2) is 6.61 Å². The molecule has 35 heteroatoms. The molecule has 34 nitrogen and oxygen atoms in total. The van der Waals surface area contributed by atoms with Crippen LogP contribution in [0.2, 0.25) is 0 Å². The quantitative estimate of drug-likeness (QED) is 0.0182. The fraction of sp³-hybridized carbons (Fsp3) is 0.535. The van der Waals surface area contributed by atoms with E-state index in [9.17, 15) is 62.6 Å². The van der Waals surface area contributed by atoms with Crippen LogP contribution in [-0.4, -0.2) is 281 Å². The van der Waals surface area contributed by atoms with Gasteiger partial charge in [0.25, 0.3) is 11.8 Å². The number of carboxylic acid groups (broad SMARTS) is 1. The van der Waals surface area contributed by atoms with E-state index in [1.54, 1.807) is 53.4 Å². The summed E-state index contributed by atoms with van der Waals surface area (Å²) in [5, 5.41) is 29.8. The van der Waals surface area contributed by atoms with E-state index in [2.05, 4.69) is 64.8 Å². The lowest BCUT2D eigenvalue weighted by Gasteiger charge is -2.38. The molecule has 2 fully saturated rings. The Morgan fingerprint density at radius 2 is 1.14 bits per heavy atom. The first-order valence-electron chi connectivity index (χ1n) is 35.6. The van der Waals surface area contributed by atoms with Crippen molar-refractivity contribution in [1.82, 2.24) is 61.4 Å². The van der Waals surface area contributed by atoms with Crippen LogP contribution in [0.1, 0.15) is 79.3 Å². The summed E-state index contributed by atoms with van der Waals surface area (Å²) >= 11 is 2.18. The van der Waals surface area contributed by atoms with Crippen LogP contribution < -0.4 is 64.9 Å². The Labute approximate surface area is 629 Å². The van der Waals surface area contributed by atoms with Crippen molar-refractivity contribution < 1.29 is 81.6 Å². The van der Waals surface area contributed by atoms with Gasteiger partial charge in [-0.2, -0.15) is 0 Å². The smallest absolute Gasteiger partial charge is 0.326 e. The number of carbonyl (C=O) groups is 12. The SMILES string of the molecule is NC(=O)CN1CCN(CC(N)=O)CCN(CC(N)=O)C(Cc2ccc(NC(=O)NCCCC[C@H](NC(=O)CCOCCOCCOCCNC(=O)COc3ccc4c(C(=O)NCC(=O)N5CCCC5)ccnc4c3)C(=O)N[C@@H](CCCCNC(=O)Cc3ccc(I)cc3)C(=O)O)cc2)CN(CC(N)=O)CC1. The van der Waals surface area contributed by atoms with Crippen LogP contribution in [0.25, 0.3) is 10.9 Å². The number of unbranched alkanes of at least 4 members (excludes halogenated alkanes) is 2. The number of likely N-dealkylation sites (tertiary alicyclic amines) is 1. The molecule has 106 heavy (non-hydrogen) atoms. The zero-order chi connectivity index (χ0) is 76.6. The Bertz CT molecular complexity index is 3540. The molecule has 1 unspecified atom stereocenters. The number of primary amides is 4. The highest BCUT2D eigenvalue weighted by Crippen LogP contribution is 2.23. The van der Waals surface area contributed by atoms with Gasteiger partial charge < -0.3 is 89.1 Å². The van der Waals surface area contributed by atoms with Gasteiger partial charge in [0.2, 0.25) is 47.3 Å². The van der Waals surface area contributed by atoms with Gasteiger partial charge in [-0.25, -0.2) is 9.59 Å². The van der Waals surface area contributed by atoms with Gasteiger partial charge in [-0.05, 0) is 134 Å². The standard InChI is InChI=1S/C71H102IN17O17/c72-51-13-9-50(10-14-51)40-65(95)78-21-3-2-8-58(70(100)101)84-69(99)57(83-64(94)20-33-103-35-37-105-38-36-104-34-24-79-66(96)48-106-54-17-18-55-56(19-23-77-59(55)41-54)68(98)81-42-67(97)88-25-5-6-26-88)7-1-4-22-80-71(102)82-52-15-11-49(12-16-52)39-53-43-87(46-62(75)92)30-29-85(44-60(73)90)27-28-86(45-61(74)91)31-32-89(53)47-63(76)93/h9-19,23,41,53,57-58H,1-8,20-22,24-40,42-48H2,(H2,73,90)(H2,74,91)(H2,75,92)(H2,76,93)(H,78,95)(H,79,96)(H,81,98)(H,83,94)(H,84,99)(H,100,101)(H2,80,82,102)/t53?,57-,58-/m0/s1. The third-order valence-electron chi connectivity index (χ3n) is 17.3. The summed E-state index contributed by atoms with van der Waals surface area (Å²) in [5.41, 5.74) is 25.5. The third kappa shape index (κ3) is 33.9. The van der Waals surface area contributed by atoms with Crippen molar-refractivity contribution in [2.75, 3.05) is 163 Å². The van der Waals surface area contributed by atoms with Crippen LogP contribution >= 0.6 is 22.6 Å². The second-order valence-corrected chi connectivity index (χ2v) is 27.0. The van der Waals surface area contributed by atoms with Gasteiger partial charge in [-0.1, -0.05) is 24.3 Å². The number of nitrogens with one attached hydrogen (secondary N) is 7. The van der Waals surface area contributed by atoms with Gasteiger partial charge in [-0.3, -0.25) is 72.5 Å². The van der Waals surface area contributed by atoms with Crippen molar-refractivity contribution in [3.63, 3.8) is 0 Å². The summed E-state index contributed by atoms with van der Waals surface area (Å²) in [6.07, 6.45) is 5.39. The molecule has 4 aromatic rings. The molecule has 12 amide bonds. The second kappa shape index (κ2) is 47.3. The molecule has 1 aromatic heterocycles. The van der Waals surface area contributed by atoms with Crippen molar-refractivity contribution in [3.05, 3.63) is 99.3 Å². The van der Waals surface area contributed by atoms with Gasteiger partial charge in [-0.15, -0.1) is 0 Å². The number of urea groups is 1. The Morgan fingerprint density at radius 1 is 0.566 bits per heavy atom. The highest BCUT2D eigenvalue weighted by Gasteiger charge is 2.29. The molecule has 2 aliphatic heterocycles. The lowest BCUT2D eigenvalue weighted by atomic mass is 10.0. The van der Waals surface area contributed by atoms with E-state index < -0.39 is 71.5 Å². The fourth-order valence-corrected chi connectivity index (χ4v) is 12.2. The van der Waals surface area contributed by atoms with E-state index in [0.29, 0.717) is 112 Å². The normalized spacial score (nSPS) is 15.4. The molecule has 3 heterocycles. The number of carbonyl (C=O) groups excluding carboxylic acids is 11. The molecule has 0 radical (unpaired) electrons. The highest BCUT2D eigenvalue weighted by molar-refractivity contribution is 14.1. The minimum absolute atomic E-state index is 0.0291. The second-order valence-electron chi connectivity index (χ2n) is 25.8. The zero-order valence-corrected chi connectivity index (χ0v) is 62.0. The number of ether oxygens (including phenoxy) is 4. The number of amides is 12. The van der Waals surface area contributed by atoms with E-state index in [0.717, 1.165) is 27.5 Å². The van der Waals surface area contributed by atoms with Crippen molar-refractivity contribution in [2.45, 2.75) is 88.8 Å². The highest BCUT2D eigenvalue weighted by atomic mass is 127. The third-order valence-corrected chi connectivity index (χ3v) is 18.0. The monoisotopic (exact) mass is 1590 g/mol. The predicted molar refractivity (Wildman–Crippen MR) is 399 cm³/mol. The van der Waals surface area contributed by atoms with Gasteiger partial charge >= 0.3 is 12.0 Å². The van der Waals surface area contributed by atoms with Gasteiger partial charge in [0, 0.05) is 118 Å². The molecule has 2 aliphatic rings. The molecule has 6 rings (SSSR count). The Morgan fingerprint density at radius 3 is 1.78 bits per heavy atom. The number of carboxylic acids is 1. The van der Waals surface area contributed by atoms with Crippen LogP contribution in [0.3, 0.4) is 0 Å². The molecule has 3 atom stereocenters. The first-order chi connectivity index (χ1) is 51.0. The van der Waals surface area contributed by atoms with Crippen LogP contribution in [-0.2, 0) is 75.0 Å². The number of anilines is 1. The molecule has 0 saturated carbocycles. The number of benzene rings is 3. The largest absolute Gasteiger partial charge is 0.484 e. The Hall–Kier alpha value is -9.24. The number of fused-ring (bicyclic) bond motifs is 1. The maximum absolute atomic E-state index is 13.8. The predicted octanol–water partition coefficient (Wildman–Crippen LogP) is -1.22. The van der Waals surface area contributed by atoms with E-state index >= 15 is 0 Å². The van der Waals surface area contributed by atoms with Crippen molar-refractivity contribution in [3.8, 4) is 5.75 Å². The molecule has 0 bridgehead atoms. The maximum Gasteiger partial charge on any atom is 0.326 e. The first kappa shape index (κ1) is 85.7. The molecule has 0 aliphatic carbocycles. The van der Waals surface area contributed by atoms with E-state index in [4.69, 9.17) is 41.9 Å². The summed E-state index contributed by atoms with van der Waals surface area (Å²) in [6.45, 7) is 4.38. The summed E-state index contributed by atoms with van der Waals surface area (Å²) in [7, 11) is 0. The summed E-state index contributed by atoms with van der Waals surface area (Å²) in [5.74, 6) is -5.53. The maximum atomic E-state index is 13.8.